The fourth-order valence-electron chi connectivity index (χ4n) is 4.10. The molecule has 0 spiro atoms. The average Bonchev–Trinajstić information content (AvgIpc) is 3.16. The van der Waals surface area contributed by atoms with Crippen LogP contribution in [0.2, 0.25) is 0 Å². The van der Waals surface area contributed by atoms with Crippen molar-refractivity contribution >= 4 is 17.6 Å². The number of ether oxygens (including phenoxy) is 3. The molecular formula is C23H20F2N2O6. The Morgan fingerprint density at radius 2 is 1.61 bits per heavy atom. The van der Waals surface area contributed by atoms with Crippen LogP contribution in [-0.4, -0.2) is 42.9 Å². The van der Waals surface area contributed by atoms with Crippen LogP contribution in [-0.2, 0) is 4.79 Å². The summed E-state index contributed by atoms with van der Waals surface area (Å²) in [4.78, 5) is 24.5. The summed E-state index contributed by atoms with van der Waals surface area (Å²) < 4.78 is 45.6. The van der Waals surface area contributed by atoms with Crippen LogP contribution in [0.25, 0.3) is 5.69 Å². The van der Waals surface area contributed by atoms with Gasteiger partial charge in [0, 0.05) is 36.2 Å². The number of hydrogen-bond acceptors (Lipinski definition) is 5. The van der Waals surface area contributed by atoms with Gasteiger partial charge >= 0.3 is 5.97 Å². The average molecular weight is 458 g/mol. The van der Waals surface area contributed by atoms with Gasteiger partial charge in [0.1, 0.15) is 22.9 Å². The van der Waals surface area contributed by atoms with E-state index in [0.717, 1.165) is 12.1 Å². The van der Waals surface area contributed by atoms with Crippen molar-refractivity contribution in [2.24, 2.45) is 0 Å². The molecule has 10 heteroatoms. The van der Waals surface area contributed by atoms with Crippen molar-refractivity contribution in [2.45, 2.75) is 12.3 Å². The predicted octanol–water partition coefficient (Wildman–Crippen LogP) is 3.95. The van der Waals surface area contributed by atoms with Crippen molar-refractivity contribution < 1.29 is 37.7 Å². The van der Waals surface area contributed by atoms with Gasteiger partial charge in [-0.2, -0.15) is 0 Å². The maximum atomic E-state index is 14.0. The number of benzene rings is 2. The van der Waals surface area contributed by atoms with Gasteiger partial charge in [-0.15, -0.1) is 0 Å². The Hall–Kier alpha value is -4.08. The molecule has 8 nitrogen and oxygen atoms in total. The summed E-state index contributed by atoms with van der Waals surface area (Å²) in [5.41, 5.74) is 0.746. The van der Waals surface area contributed by atoms with Crippen molar-refractivity contribution in [2.75, 3.05) is 26.6 Å². The standard InChI is InChI=1S/C23H20F2N2O6/c1-31-17-9-19(33-3)18(32-2)7-14(17)15-8-20(28)26-21-16(23(29)30)10-27(22(15)21)13-5-11(24)4-12(25)6-13/h4-7,9-10,15H,8H2,1-3H3,(H,26,28)(H,29,30)/t15-/m1/s1. The fourth-order valence-corrected chi connectivity index (χ4v) is 4.10. The molecule has 1 amide bonds. The number of carboxylic acids is 1. The molecule has 0 saturated heterocycles. The number of anilines is 1. The van der Waals surface area contributed by atoms with Gasteiger partial charge in [-0.05, 0) is 18.2 Å². The quantitative estimate of drug-likeness (QED) is 0.580. The molecule has 0 aliphatic carbocycles. The Morgan fingerprint density at radius 1 is 1.00 bits per heavy atom. The second-order valence-corrected chi connectivity index (χ2v) is 7.36. The lowest BCUT2D eigenvalue weighted by atomic mass is 9.87. The number of fused-ring (bicyclic) bond motifs is 1. The van der Waals surface area contributed by atoms with Crippen LogP contribution in [0.5, 0.6) is 17.2 Å². The number of amides is 1. The number of methoxy groups -OCH3 is 3. The molecule has 2 N–H and O–H groups in total. The summed E-state index contributed by atoms with van der Waals surface area (Å²) in [6.07, 6.45) is 1.16. The molecular weight excluding hydrogens is 438 g/mol. The van der Waals surface area contributed by atoms with E-state index in [1.165, 1.54) is 32.1 Å². The number of aromatic nitrogens is 1. The first-order valence-corrected chi connectivity index (χ1v) is 9.82. The number of aromatic carboxylic acids is 1. The minimum atomic E-state index is -1.30. The number of halogens is 2. The minimum absolute atomic E-state index is 0.0465. The lowest BCUT2D eigenvalue weighted by molar-refractivity contribution is -0.116. The van der Waals surface area contributed by atoms with E-state index in [9.17, 15) is 23.5 Å². The Balaban J connectivity index is 2.02. The Labute approximate surface area is 187 Å². The van der Waals surface area contributed by atoms with Crippen LogP contribution in [0.1, 0.15) is 34.0 Å². The normalized spacial score (nSPS) is 14.9. The highest BCUT2D eigenvalue weighted by Crippen LogP contribution is 2.47. The molecule has 33 heavy (non-hydrogen) atoms. The second-order valence-electron chi connectivity index (χ2n) is 7.36. The van der Waals surface area contributed by atoms with Crippen molar-refractivity contribution in [3.05, 3.63) is 65.0 Å². The summed E-state index contributed by atoms with van der Waals surface area (Å²) in [6, 6.07) is 6.10. The topological polar surface area (TPSA) is 99.0 Å². The largest absolute Gasteiger partial charge is 0.496 e. The van der Waals surface area contributed by atoms with E-state index in [2.05, 4.69) is 5.32 Å². The molecule has 3 aromatic rings. The third-order valence-corrected chi connectivity index (χ3v) is 5.49. The maximum Gasteiger partial charge on any atom is 0.339 e. The van der Waals surface area contributed by atoms with Crippen molar-refractivity contribution in [3.8, 4) is 22.9 Å². The zero-order valence-electron chi connectivity index (χ0n) is 17.9. The number of rotatable bonds is 6. The van der Waals surface area contributed by atoms with Crippen LogP contribution in [0, 0.1) is 11.6 Å². The molecule has 1 atom stereocenters. The van der Waals surface area contributed by atoms with Crippen molar-refractivity contribution in [1.82, 2.24) is 4.57 Å². The van der Waals surface area contributed by atoms with Gasteiger partial charge in [-0.25, -0.2) is 13.6 Å². The van der Waals surface area contributed by atoms with Gasteiger partial charge in [0.25, 0.3) is 0 Å². The number of nitrogens with one attached hydrogen (secondary N) is 1. The van der Waals surface area contributed by atoms with Gasteiger partial charge in [-0.1, -0.05) is 0 Å². The molecule has 1 aliphatic rings. The van der Waals surface area contributed by atoms with E-state index in [1.54, 1.807) is 12.1 Å². The van der Waals surface area contributed by atoms with Gasteiger partial charge in [0.15, 0.2) is 11.5 Å². The molecule has 0 fully saturated rings. The predicted molar refractivity (Wildman–Crippen MR) is 114 cm³/mol. The smallest absolute Gasteiger partial charge is 0.339 e. The van der Waals surface area contributed by atoms with E-state index >= 15 is 0 Å². The third kappa shape index (κ3) is 3.84. The third-order valence-electron chi connectivity index (χ3n) is 5.49. The molecule has 0 radical (unpaired) electrons. The first-order chi connectivity index (χ1) is 15.8. The van der Waals surface area contributed by atoms with E-state index in [1.807, 2.05) is 0 Å². The number of carbonyl (C=O) groups excluding carboxylic acids is 1. The highest BCUT2D eigenvalue weighted by Gasteiger charge is 2.36. The Bertz CT molecular complexity index is 1250. The molecule has 0 unspecified atom stereocenters. The highest BCUT2D eigenvalue weighted by molar-refractivity contribution is 6.04. The van der Waals surface area contributed by atoms with Gasteiger partial charge in [0.05, 0.1) is 38.4 Å². The SMILES string of the molecule is COc1cc(OC)c([C@H]2CC(=O)Nc3c(C(=O)O)cn(-c4cc(F)cc(F)c4)c32)cc1OC. The molecule has 0 bridgehead atoms. The molecule has 172 valence electrons. The van der Waals surface area contributed by atoms with Gasteiger partial charge in [0.2, 0.25) is 5.91 Å². The maximum absolute atomic E-state index is 14.0. The van der Waals surface area contributed by atoms with E-state index in [4.69, 9.17) is 14.2 Å². The highest BCUT2D eigenvalue weighted by atomic mass is 19.1. The molecule has 2 aromatic carbocycles. The summed E-state index contributed by atoms with van der Waals surface area (Å²) in [5, 5.41) is 12.3. The van der Waals surface area contributed by atoms with Crippen molar-refractivity contribution in [1.29, 1.82) is 0 Å². The lowest BCUT2D eigenvalue weighted by Gasteiger charge is -2.28. The van der Waals surface area contributed by atoms with Crippen LogP contribution in [0.15, 0.2) is 36.5 Å². The zero-order valence-corrected chi connectivity index (χ0v) is 17.9. The number of hydrogen-bond donors (Lipinski definition) is 2. The number of carboxylic acid groups (broad SMARTS) is 1. The lowest BCUT2D eigenvalue weighted by Crippen LogP contribution is -2.26. The fraction of sp³-hybridized carbons (Fsp3) is 0.217. The molecule has 2 heterocycles. The summed E-state index contributed by atoms with van der Waals surface area (Å²) in [7, 11) is 4.36. The van der Waals surface area contributed by atoms with Crippen molar-refractivity contribution in [3.63, 3.8) is 0 Å². The van der Waals surface area contributed by atoms with E-state index in [-0.39, 0.29) is 23.4 Å². The Kier molecular flexibility index (Phi) is 5.67. The Morgan fingerprint density at radius 3 is 2.18 bits per heavy atom. The van der Waals surface area contributed by atoms with Gasteiger partial charge < -0.3 is 29.2 Å². The number of carbonyl (C=O) groups is 2. The van der Waals surface area contributed by atoms with Crippen LogP contribution < -0.4 is 19.5 Å². The second kappa shape index (κ2) is 8.45. The molecule has 1 aromatic heterocycles. The van der Waals surface area contributed by atoms with Crippen LogP contribution >= 0.6 is 0 Å². The monoisotopic (exact) mass is 458 g/mol. The first kappa shape index (κ1) is 22.1. The van der Waals surface area contributed by atoms with Crippen LogP contribution in [0.4, 0.5) is 14.5 Å². The van der Waals surface area contributed by atoms with E-state index < -0.39 is 29.4 Å². The van der Waals surface area contributed by atoms with Crippen LogP contribution in [0.3, 0.4) is 0 Å². The molecule has 1 aliphatic heterocycles. The molecule has 4 rings (SSSR count). The first-order valence-electron chi connectivity index (χ1n) is 9.82. The minimum Gasteiger partial charge on any atom is -0.496 e. The summed E-state index contributed by atoms with van der Waals surface area (Å²) in [6.45, 7) is 0. The van der Waals surface area contributed by atoms with E-state index in [0.29, 0.717) is 34.6 Å². The number of nitrogens with zero attached hydrogens (tertiary/aromatic N) is 1. The summed E-state index contributed by atoms with van der Waals surface area (Å²) >= 11 is 0. The zero-order chi connectivity index (χ0) is 23.9. The van der Waals surface area contributed by atoms with Gasteiger partial charge in [-0.3, -0.25) is 4.79 Å². The summed E-state index contributed by atoms with van der Waals surface area (Å²) in [5.74, 6) is -2.97. The molecule has 0 saturated carbocycles.